The molecule has 0 aliphatic carbocycles. The Bertz CT molecular complexity index is 772. The molecule has 2 aromatic carbocycles. The maximum absolute atomic E-state index is 4.65. The molecule has 0 fully saturated rings. The van der Waals surface area contributed by atoms with Gasteiger partial charge in [0, 0.05) is 32.3 Å². The number of anilines is 2. The van der Waals surface area contributed by atoms with E-state index < -0.39 is 0 Å². The molecule has 5 heteroatoms. The summed E-state index contributed by atoms with van der Waals surface area (Å²) in [4.78, 5) is 9.24. The number of nitrogens with zero attached hydrogens (tertiary/aromatic N) is 3. The fourth-order valence-electron chi connectivity index (χ4n) is 2.33. The first kappa shape index (κ1) is 16.0. The van der Waals surface area contributed by atoms with E-state index in [-0.39, 0.29) is 0 Å². The molecular weight excluding hydrogens is 298 g/mol. The van der Waals surface area contributed by atoms with Crippen molar-refractivity contribution in [2.45, 2.75) is 6.54 Å². The van der Waals surface area contributed by atoms with Crippen molar-refractivity contribution in [3.05, 3.63) is 72.3 Å². The zero-order chi connectivity index (χ0) is 16.8. The first-order valence-electron chi connectivity index (χ1n) is 7.87. The molecule has 0 bridgehead atoms. The molecule has 2 N–H and O–H groups in total. The van der Waals surface area contributed by atoms with Gasteiger partial charge in [-0.15, -0.1) is 0 Å². The van der Waals surface area contributed by atoms with Crippen LogP contribution in [0.4, 0.5) is 11.6 Å². The quantitative estimate of drug-likeness (QED) is 0.679. The van der Waals surface area contributed by atoms with E-state index in [1.54, 1.807) is 0 Å². The fourth-order valence-corrected chi connectivity index (χ4v) is 2.33. The van der Waals surface area contributed by atoms with Gasteiger partial charge in [0.25, 0.3) is 0 Å². The third kappa shape index (κ3) is 4.30. The molecule has 3 rings (SSSR count). The molecule has 0 spiro atoms. The lowest BCUT2D eigenvalue weighted by Gasteiger charge is -2.15. The molecule has 0 radical (unpaired) electrons. The van der Waals surface area contributed by atoms with Gasteiger partial charge >= 0.3 is 0 Å². The Morgan fingerprint density at radius 3 is 2.12 bits per heavy atom. The van der Waals surface area contributed by atoms with E-state index in [4.69, 9.17) is 0 Å². The summed E-state index contributed by atoms with van der Waals surface area (Å²) in [6.45, 7) is 0.716. The first-order chi connectivity index (χ1) is 11.7. The molecule has 122 valence electrons. The average Bonchev–Trinajstić information content (AvgIpc) is 2.61. The van der Waals surface area contributed by atoms with Gasteiger partial charge in [-0.1, -0.05) is 60.7 Å². The normalized spacial score (nSPS) is 10.6. The topological polar surface area (TPSA) is 53.1 Å². The maximum atomic E-state index is 4.65. The minimum absolute atomic E-state index is 0.693. The highest BCUT2D eigenvalue weighted by atomic mass is 15.5. The van der Waals surface area contributed by atoms with E-state index in [1.165, 1.54) is 5.56 Å². The summed E-state index contributed by atoms with van der Waals surface area (Å²) in [5, 5.41) is 5.23. The van der Waals surface area contributed by atoms with Gasteiger partial charge in [-0.2, -0.15) is 0 Å². The summed E-state index contributed by atoms with van der Waals surface area (Å²) >= 11 is 0. The van der Waals surface area contributed by atoms with E-state index >= 15 is 0 Å². The first-order valence-corrected chi connectivity index (χ1v) is 7.87. The van der Waals surface area contributed by atoms with E-state index in [9.17, 15) is 0 Å². The molecule has 1 heterocycles. The van der Waals surface area contributed by atoms with Crippen molar-refractivity contribution < 1.29 is 0 Å². The number of aromatic nitrogens is 2. The largest absolute Gasteiger partial charge is 0.366 e. The summed E-state index contributed by atoms with van der Waals surface area (Å²) in [6.07, 6.45) is 0. The molecule has 24 heavy (non-hydrogen) atoms. The Labute approximate surface area is 142 Å². The van der Waals surface area contributed by atoms with Crippen molar-refractivity contribution in [1.29, 1.82) is 0 Å². The zero-order valence-electron chi connectivity index (χ0n) is 13.9. The third-order valence-electron chi connectivity index (χ3n) is 3.41. The molecule has 0 saturated heterocycles. The highest BCUT2D eigenvalue weighted by Crippen LogP contribution is 2.20. The van der Waals surface area contributed by atoms with Crippen molar-refractivity contribution in [3.63, 3.8) is 0 Å². The minimum Gasteiger partial charge on any atom is -0.366 e. The maximum Gasteiger partial charge on any atom is 0.163 e. The van der Waals surface area contributed by atoms with Gasteiger partial charge in [0.15, 0.2) is 5.82 Å². The summed E-state index contributed by atoms with van der Waals surface area (Å²) in [5.74, 6) is 2.24. The predicted molar refractivity (Wildman–Crippen MR) is 98.5 cm³/mol. The van der Waals surface area contributed by atoms with Crippen LogP contribution in [0.2, 0.25) is 0 Å². The fraction of sp³-hybridized carbons (Fsp3) is 0.158. The molecule has 0 aliphatic rings. The highest BCUT2D eigenvalue weighted by Gasteiger charge is 2.07. The van der Waals surface area contributed by atoms with Crippen LogP contribution in [0.3, 0.4) is 0 Å². The molecule has 3 aromatic rings. The summed E-state index contributed by atoms with van der Waals surface area (Å²) in [7, 11) is 3.86. The van der Waals surface area contributed by atoms with Gasteiger partial charge in [-0.3, -0.25) is 0 Å². The van der Waals surface area contributed by atoms with Gasteiger partial charge in [0.05, 0.1) is 0 Å². The van der Waals surface area contributed by atoms with Gasteiger partial charge in [-0.25, -0.2) is 15.0 Å². The van der Waals surface area contributed by atoms with Gasteiger partial charge < -0.3 is 10.7 Å². The number of rotatable bonds is 6. The molecule has 0 atom stereocenters. The van der Waals surface area contributed by atoms with Crippen molar-refractivity contribution in [1.82, 2.24) is 15.0 Å². The van der Waals surface area contributed by atoms with Crippen LogP contribution in [0.15, 0.2) is 66.7 Å². The smallest absolute Gasteiger partial charge is 0.163 e. The van der Waals surface area contributed by atoms with E-state index in [0.29, 0.717) is 12.4 Å². The lowest BCUT2D eigenvalue weighted by Crippen LogP contribution is -2.21. The Morgan fingerprint density at radius 1 is 0.833 bits per heavy atom. The van der Waals surface area contributed by atoms with Crippen molar-refractivity contribution >= 4 is 11.6 Å². The van der Waals surface area contributed by atoms with Crippen LogP contribution >= 0.6 is 0 Å². The highest BCUT2D eigenvalue weighted by molar-refractivity contribution is 5.61. The average molecular weight is 319 g/mol. The second kappa shape index (κ2) is 7.57. The monoisotopic (exact) mass is 319 g/mol. The van der Waals surface area contributed by atoms with Crippen molar-refractivity contribution in [2.75, 3.05) is 24.8 Å². The molecule has 0 aliphatic heterocycles. The number of nitrogens with one attached hydrogen (secondary N) is 2. The minimum atomic E-state index is 0.693. The number of hydrogen-bond acceptors (Lipinski definition) is 5. The molecule has 0 amide bonds. The van der Waals surface area contributed by atoms with E-state index in [0.717, 1.165) is 17.2 Å². The van der Waals surface area contributed by atoms with Gasteiger partial charge in [-0.05, 0) is 5.56 Å². The van der Waals surface area contributed by atoms with E-state index in [1.807, 2.05) is 73.7 Å². The van der Waals surface area contributed by atoms with Crippen LogP contribution in [0.1, 0.15) is 5.56 Å². The van der Waals surface area contributed by atoms with Crippen LogP contribution in [0, 0.1) is 0 Å². The second-order valence-electron chi connectivity index (χ2n) is 5.67. The lowest BCUT2D eigenvalue weighted by molar-refractivity contribution is 0.492. The standard InChI is InChI=1S/C19H21N5/c1-24(2)23-18-13-17(20-14-15-9-5-3-6-10-15)21-19(22-18)16-11-7-4-8-12-16/h3-13H,14H2,1-2H3,(H2,20,21,22,23). The Hall–Kier alpha value is -2.92. The summed E-state index contributed by atoms with van der Waals surface area (Å²) in [5.41, 5.74) is 5.39. The SMILES string of the molecule is CN(C)Nc1cc(NCc2ccccc2)nc(-c2ccccc2)n1. The Balaban J connectivity index is 1.87. The molecular formula is C19H21N5. The number of hydrazine groups is 1. The van der Waals surface area contributed by atoms with Crippen LogP contribution < -0.4 is 10.7 Å². The summed E-state index contributed by atoms with van der Waals surface area (Å²) in [6, 6.07) is 22.2. The lowest BCUT2D eigenvalue weighted by atomic mass is 10.2. The van der Waals surface area contributed by atoms with Crippen LogP contribution in [0.25, 0.3) is 11.4 Å². The predicted octanol–water partition coefficient (Wildman–Crippen LogP) is 3.64. The van der Waals surface area contributed by atoms with Crippen LogP contribution in [0.5, 0.6) is 0 Å². The summed E-state index contributed by atoms with van der Waals surface area (Å²) < 4.78 is 0. The number of benzene rings is 2. The van der Waals surface area contributed by atoms with Crippen LogP contribution in [-0.2, 0) is 6.54 Å². The Kier molecular flexibility index (Phi) is 5.03. The molecule has 0 unspecified atom stereocenters. The molecule has 0 saturated carbocycles. The molecule has 5 nitrogen and oxygen atoms in total. The van der Waals surface area contributed by atoms with E-state index in [2.05, 4.69) is 32.8 Å². The number of hydrogen-bond donors (Lipinski definition) is 2. The zero-order valence-corrected chi connectivity index (χ0v) is 13.9. The third-order valence-corrected chi connectivity index (χ3v) is 3.41. The van der Waals surface area contributed by atoms with Crippen molar-refractivity contribution in [2.24, 2.45) is 0 Å². The molecule has 1 aromatic heterocycles. The second-order valence-corrected chi connectivity index (χ2v) is 5.67. The van der Waals surface area contributed by atoms with Crippen LogP contribution in [-0.4, -0.2) is 29.1 Å². The Morgan fingerprint density at radius 2 is 1.46 bits per heavy atom. The van der Waals surface area contributed by atoms with Crippen molar-refractivity contribution in [3.8, 4) is 11.4 Å². The van der Waals surface area contributed by atoms with Gasteiger partial charge in [0.2, 0.25) is 0 Å². The van der Waals surface area contributed by atoms with Gasteiger partial charge in [0.1, 0.15) is 11.6 Å².